The van der Waals surface area contributed by atoms with Crippen LogP contribution in [0.1, 0.15) is 106 Å². The molecule has 0 radical (unpaired) electrons. The predicted octanol–water partition coefficient (Wildman–Crippen LogP) is 5.39. The van der Waals surface area contributed by atoms with E-state index in [1.165, 1.54) is 17.7 Å². The number of nitrogens with one attached hydrogen (secondary N) is 3. The van der Waals surface area contributed by atoms with Crippen molar-refractivity contribution in [2.75, 3.05) is 32.7 Å². The monoisotopic (exact) mass is 712 g/mol. The van der Waals surface area contributed by atoms with Crippen molar-refractivity contribution in [2.45, 2.75) is 114 Å². The van der Waals surface area contributed by atoms with Gasteiger partial charge in [-0.2, -0.15) is 0 Å². The molecule has 1 aromatic heterocycles. The quantitative estimate of drug-likeness (QED) is 0.149. The third kappa shape index (κ3) is 8.40. The largest absolute Gasteiger partial charge is 0.506 e. The molecule has 2 aliphatic carbocycles. The van der Waals surface area contributed by atoms with Crippen LogP contribution < -0.4 is 16.2 Å². The van der Waals surface area contributed by atoms with Crippen LogP contribution in [0.3, 0.4) is 0 Å². The number of rotatable bonds is 13. The van der Waals surface area contributed by atoms with E-state index in [2.05, 4.69) is 44.8 Å². The van der Waals surface area contributed by atoms with Crippen LogP contribution >= 0.6 is 0 Å². The minimum Gasteiger partial charge on any atom is -0.506 e. The van der Waals surface area contributed by atoms with Gasteiger partial charge in [0.2, 0.25) is 11.5 Å². The molecule has 5 fully saturated rings. The number of hydrogen-bond acceptors (Lipinski definition) is 8. The lowest BCUT2D eigenvalue weighted by atomic mass is 9.69. The third-order valence-electron chi connectivity index (χ3n) is 12.5. The summed E-state index contributed by atoms with van der Waals surface area (Å²) in [4.78, 5) is 43.7. The summed E-state index contributed by atoms with van der Waals surface area (Å²) in [5.74, 6) is 1.04. The Hall–Kier alpha value is -3.73. The van der Waals surface area contributed by atoms with Crippen LogP contribution in [0.4, 0.5) is 0 Å². The van der Waals surface area contributed by atoms with Crippen molar-refractivity contribution in [3.8, 4) is 5.75 Å². The highest BCUT2D eigenvalue weighted by molar-refractivity contribution is 5.87. The van der Waals surface area contributed by atoms with Crippen molar-refractivity contribution in [1.82, 2.24) is 20.5 Å². The number of carbonyl (C=O) groups excluding carboxylic acids is 2. The second kappa shape index (κ2) is 16.5. The summed E-state index contributed by atoms with van der Waals surface area (Å²) >= 11 is 0. The van der Waals surface area contributed by atoms with Gasteiger partial charge >= 0.3 is 5.97 Å². The number of hydrogen-bond donors (Lipinski definition) is 5. The Kier molecular flexibility index (Phi) is 11.6. The van der Waals surface area contributed by atoms with Gasteiger partial charge in [-0.25, -0.2) is 0 Å². The fourth-order valence-corrected chi connectivity index (χ4v) is 9.43. The highest BCUT2D eigenvalue weighted by Gasteiger charge is 2.46. The summed E-state index contributed by atoms with van der Waals surface area (Å²) in [6.07, 6.45) is 12.4. The SMILES string of the molecule is O=C(CCCc1cccc(C2(C(=O)O[C@H]3CN4CCC3CC4)CCCCC2)c1)N[C@H]1CC[C@H](CNCC(O)c2ccc(O)c3[nH]c(=O)ccc23)CC1. The van der Waals surface area contributed by atoms with Crippen molar-refractivity contribution >= 4 is 22.8 Å². The maximum absolute atomic E-state index is 14.0. The lowest BCUT2D eigenvalue weighted by Crippen LogP contribution is -2.53. The zero-order valence-corrected chi connectivity index (χ0v) is 30.4. The van der Waals surface area contributed by atoms with E-state index >= 15 is 0 Å². The molecular formula is C42H56N4O6. The molecule has 280 valence electrons. The molecule has 2 saturated carbocycles. The summed E-state index contributed by atoms with van der Waals surface area (Å²) in [6.45, 7) is 4.29. The number of aromatic amines is 1. The van der Waals surface area contributed by atoms with Gasteiger partial charge in [-0.05, 0) is 125 Å². The van der Waals surface area contributed by atoms with Crippen molar-refractivity contribution in [3.63, 3.8) is 0 Å². The highest BCUT2D eigenvalue weighted by Crippen LogP contribution is 2.42. The number of nitrogens with zero attached hydrogens (tertiary/aromatic N) is 1. The number of aromatic nitrogens is 1. The van der Waals surface area contributed by atoms with Crippen LogP contribution in [-0.2, 0) is 26.2 Å². The molecule has 2 aromatic carbocycles. The van der Waals surface area contributed by atoms with Gasteiger partial charge in [0.15, 0.2) is 0 Å². The van der Waals surface area contributed by atoms with Gasteiger partial charge in [-0.3, -0.25) is 19.3 Å². The topological polar surface area (TPSA) is 144 Å². The predicted molar refractivity (Wildman–Crippen MR) is 201 cm³/mol. The van der Waals surface area contributed by atoms with Crippen LogP contribution in [0.25, 0.3) is 10.9 Å². The van der Waals surface area contributed by atoms with E-state index in [0.29, 0.717) is 41.3 Å². The van der Waals surface area contributed by atoms with Crippen LogP contribution in [0.15, 0.2) is 53.3 Å². The first-order valence-electron chi connectivity index (χ1n) is 19.8. The molecule has 5 aliphatic rings. The molecule has 2 bridgehead atoms. The van der Waals surface area contributed by atoms with E-state index in [1.54, 1.807) is 12.1 Å². The minimum absolute atomic E-state index is 0.0204. The number of H-pyrrole nitrogens is 1. The Bertz CT molecular complexity index is 1750. The first kappa shape index (κ1) is 36.6. The van der Waals surface area contributed by atoms with Crippen molar-refractivity contribution in [3.05, 3.63) is 75.6 Å². The van der Waals surface area contributed by atoms with Crippen molar-refractivity contribution in [2.24, 2.45) is 11.8 Å². The number of piperidine rings is 3. The summed E-state index contributed by atoms with van der Waals surface area (Å²) in [5.41, 5.74) is 2.40. The molecule has 3 aliphatic heterocycles. The third-order valence-corrected chi connectivity index (χ3v) is 12.5. The lowest BCUT2D eigenvalue weighted by Gasteiger charge is -2.45. The van der Waals surface area contributed by atoms with Crippen molar-refractivity contribution < 1.29 is 24.5 Å². The first-order valence-corrected chi connectivity index (χ1v) is 19.8. The number of pyridine rings is 1. The molecule has 3 saturated heterocycles. The molecule has 3 aromatic rings. The first-order chi connectivity index (χ1) is 25.3. The number of aryl methyl sites for hydroxylation is 1. The number of amides is 1. The average Bonchev–Trinajstić information content (AvgIpc) is 3.16. The molecular weight excluding hydrogens is 656 g/mol. The molecule has 10 nitrogen and oxygen atoms in total. The zero-order valence-electron chi connectivity index (χ0n) is 30.4. The van der Waals surface area contributed by atoms with Gasteiger partial charge in [0.1, 0.15) is 11.9 Å². The lowest BCUT2D eigenvalue weighted by molar-refractivity contribution is -0.167. The van der Waals surface area contributed by atoms with E-state index < -0.39 is 11.5 Å². The molecule has 2 atom stereocenters. The fourth-order valence-electron chi connectivity index (χ4n) is 9.43. The minimum atomic E-state index is -0.781. The van der Waals surface area contributed by atoms with Gasteiger partial charge in [-0.15, -0.1) is 0 Å². The molecule has 5 N–H and O–H groups in total. The summed E-state index contributed by atoms with van der Waals surface area (Å²) in [5, 5.41) is 28.3. The number of esters is 1. The van der Waals surface area contributed by atoms with Crippen LogP contribution in [0.2, 0.25) is 0 Å². The standard InChI is InChI=1S/C42H56N4O6/c47-35-16-14-33(34-15-17-39(50)45-40(34)35)36(48)26-43-25-29-10-12-32(13-11-29)44-38(49)9-5-7-28-6-4-8-31(24-28)42(20-2-1-3-21-42)41(51)52-37-27-46-22-18-30(37)19-23-46/h4,6,8,14-17,24,29-30,32,36-37,43,47-48H,1-3,5,7,9-13,18-23,25-27H2,(H,44,49)(H,45,50)/t29-,32-,36?,37-/m0/s1. The smallest absolute Gasteiger partial charge is 0.316 e. The molecule has 8 rings (SSSR count). The Morgan fingerprint density at radius 3 is 2.52 bits per heavy atom. The van der Waals surface area contributed by atoms with Crippen molar-refractivity contribution in [1.29, 1.82) is 0 Å². The molecule has 52 heavy (non-hydrogen) atoms. The summed E-state index contributed by atoms with van der Waals surface area (Å²) in [6, 6.07) is 14.9. The second-order valence-corrected chi connectivity index (χ2v) is 16.0. The zero-order chi connectivity index (χ0) is 36.1. The molecule has 0 spiro atoms. The number of aliphatic hydroxyl groups excluding tert-OH is 1. The number of carbonyl (C=O) groups is 2. The number of phenols is 1. The Balaban J connectivity index is 0.836. The van der Waals surface area contributed by atoms with E-state index in [-0.39, 0.29) is 35.3 Å². The number of phenolic OH excluding ortho intramolecular Hbond substituents is 1. The molecule has 1 amide bonds. The maximum Gasteiger partial charge on any atom is 0.316 e. The number of aliphatic hydroxyl groups is 1. The molecule has 10 heteroatoms. The number of aromatic hydroxyl groups is 1. The van der Waals surface area contributed by atoms with Crippen LogP contribution in [0, 0.1) is 11.8 Å². The molecule has 4 heterocycles. The maximum atomic E-state index is 14.0. The Morgan fingerprint density at radius 1 is 0.981 bits per heavy atom. The van der Waals surface area contributed by atoms with E-state index in [0.717, 1.165) is 115 Å². The normalized spacial score (nSPS) is 26.1. The average molecular weight is 713 g/mol. The number of fused-ring (bicyclic) bond motifs is 4. The summed E-state index contributed by atoms with van der Waals surface area (Å²) < 4.78 is 6.36. The van der Waals surface area contributed by atoms with Gasteiger partial charge in [0.25, 0.3) is 0 Å². The summed E-state index contributed by atoms with van der Waals surface area (Å²) in [7, 11) is 0. The van der Waals surface area contributed by atoms with Crippen LogP contribution in [-0.4, -0.2) is 76.8 Å². The second-order valence-electron chi connectivity index (χ2n) is 16.0. The Morgan fingerprint density at radius 2 is 1.77 bits per heavy atom. The Labute approximate surface area is 306 Å². The number of benzene rings is 2. The fraction of sp³-hybridized carbons (Fsp3) is 0.595. The van der Waals surface area contributed by atoms with Gasteiger partial charge in [0, 0.05) is 37.0 Å². The number of ether oxygens (including phenoxy) is 1. The van der Waals surface area contributed by atoms with E-state index in [9.17, 15) is 24.6 Å². The molecule has 1 unspecified atom stereocenters. The van der Waals surface area contributed by atoms with Gasteiger partial charge < -0.3 is 30.6 Å². The van der Waals surface area contributed by atoms with E-state index in [1.807, 2.05) is 0 Å². The van der Waals surface area contributed by atoms with Gasteiger partial charge in [0.05, 0.1) is 17.0 Å². The van der Waals surface area contributed by atoms with Crippen LogP contribution in [0.5, 0.6) is 5.75 Å². The van der Waals surface area contributed by atoms with Gasteiger partial charge in [-0.1, -0.05) is 49.6 Å². The van der Waals surface area contributed by atoms with E-state index in [4.69, 9.17) is 4.74 Å². The highest BCUT2D eigenvalue weighted by atomic mass is 16.5.